The van der Waals surface area contributed by atoms with E-state index in [1.807, 2.05) is 0 Å². The highest BCUT2D eigenvalue weighted by atomic mass is 35.5. The highest BCUT2D eigenvalue weighted by Crippen LogP contribution is 2.28. The maximum absolute atomic E-state index is 13.3. The van der Waals surface area contributed by atoms with Crippen LogP contribution in [0.15, 0.2) is 18.2 Å². The second-order valence-electron chi connectivity index (χ2n) is 4.03. The van der Waals surface area contributed by atoms with Crippen LogP contribution in [0.5, 0.6) is 0 Å². The van der Waals surface area contributed by atoms with Crippen molar-refractivity contribution in [2.75, 3.05) is 18.6 Å². The molecule has 18 heavy (non-hydrogen) atoms. The van der Waals surface area contributed by atoms with Crippen LogP contribution in [-0.4, -0.2) is 25.5 Å². The number of esters is 1. The van der Waals surface area contributed by atoms with Crippen LogP contribution in [0, 0.1) is 11.7 Å². The van der Waals surface area contributed by atoms with Gasteiger partial charge in [0.1, 0.15) is 5.82 Å². The Bertz CT molecular complexity index is 506. The molecule has 0 saturated carbocycles. The van der Waals surface area contributed by atoms with Gasteiger partial charge in [-0.15, -0.1) is 0 Å². The first-order valence-corrected chi connectivity index (χ1v) is 5.74. The molecule has 1 unspecified atom stereocenters. The summed E-state index contributed by atoms with van der Waals surface area (Å²) in [6.45, 7) is 0.201. The third-order valence-electron chi connectivity index (χ3n) is 2.87. The van der Waals surface area contributed by atoms with Gasteiger partial charge in [-0.25, -0.2) is 4.39 Å². The molecule has 0 radical (unpaired) electrons. The average molecular weight is 272 g/mol. The second kappa shape index (κ2) is 4.94. The molecular formula is C12H11ClFNO3. The molecule has 4 nitrogen and oxygen atoms in total. The minimum Gasteiger partial charge on any atom is -0.469 e. The number of halogens is 2. The summed E-state index contributed by atoms with van der Waals surface area (Å²) >= 11 is 5.57. The van der Waals surface area contributed by atoms with Gasteiger partial charge in [0.25, 0.3) is 0 Å². The van der Waals surface area contributed by atoms with Gasteiger partial charge >= 0.3 is 5.97 Å². The molecule has 1 atom stereocenters. The fourth-order valence-corrected chi connectivity index (χ4v) is 2.05. The largest absolute Gasteiger partial charge is 0.469 e. The lowest BCUT2D eigenvalue weighted by atomic mass is 10.1. The summed E-state index contributed by atoms with van der Waals surface area (Å²) in [4.78, 5) is 24.5. The van der Waals surface area contributed by atoms with E-state index < -0.39 is 17.7 Å². The normalized spacial score (nSPS) is 19.2. The molecule has 1 aromatic rings. The zero-order valence-electron chi connectivity index (χ0n) is 9.65. The predicted octanol–water partition coefficient (Wildman–Crippen LogP) is 2.00. The summed E-state index contributed by atoms with van der Waals surface area (Å²) in [5.74, 6) is -1.75. The molecule has 0 spiro atoms. The third kappa shape index (κ3) is 2.31. The number of rotatable bonds is 2. The Kier molecular flexibility index (Phi) is 3.52. The molecule has 1 saturated heterocycles. The third-order valence-corrected chi connectivity index (χ3v) is 3.18. The van der Waals surface area contributed by atoms with Crippen LogP contribution in [0.2, 0.25) is 5.02 Å². The van der Waals surface area contributed by atoms with Gasteiger partial charge in [-0.1, -0.05) is 11.6 Å². The molecular weight excluding hydrogens is 261 g/mol. The van der Waals surface area contributed by atoms with Gasteiger partial charge < -0.3 is 9.64 Å². The smallest absolute Gasteiger partial charge is 0.311 e. The summed E-state index contributed by atoms with van der Waals surface area (Å²) in [6, 6.07) is 4.10. The quantitative estimate of drug-likeness (QED) is 0.773. The fraction of sp³-hybridized carbons (Fsp3) is 0.333. The number of carbonyl (C=O) groups is 2. The van der Waals surface area contributed by atoms with Crippen LogP contribution < -0.4 is 4.90 Å². The van der Waals surface area contributed by atoms with E-state index in [2.05, 4.69) is 4.74 Å². The summed E-state index contributed by atoms with van der Waals surface area (Å²) in [5.41, 5.74) is 0.397. The lowest BCUT2D eigenvalue weighted by molar-refractivity contribution is -0.145. The van der Waals surface area contributed by atoms with Crippen LogP contribution >= 0.6 is 11.6 Å². The Balaban J connectivity index is 2.21. The number of ether oxygens (including phenoxy) is 1. The van der Waals surface area contributed by atoms with Crippen LogP contribution in [0.4, 0.5) is 10.1 Å². The molecule has 1 aliphatic heterocycles. The molecule has 1 aliphatic rings. The Morgan fingerprint density at radius 1 is 1.56 bits per heavy atom. The first-order chi connectivity index (χ1) is 8.52. The number of hydrogen-bond acceptors (Lipinski definition) is 3. The van der Waals surface area contributed by atoms with E-state index in [4.69, 9.17) is 11.6 Å². The molecule has 0 N–H and O–H groups in total. The van der Waals surface area contributed by atoms with Crippen molar-refractivity contribution >= 4 is 29.2 Å². The number of amides is 1. The number of methoxy groups -OCH3 is 1. The standard InChI is InChI=1S/C12H11ClFNO3/c1-18-12(17)7-4-11(16)15(6-7)8-2-3-9(13)10(14)5-8/h2-3,5,7H,4,6H2,1H3. The van der Waals surface area contributed by atoms with Crippen molar-refractivity contribution in [2.45, 2.75) is 6.42 Å². The van der Waals surface area contributed by atoms with Crippen molar-refractivity contribution in [3.8, 4) is 0 Å². The van der Waals surface area contributed by atoms with Gasteiger partial charge in [0.15, 0.2) is 0 Å². The Morgan fingerprint density at radius 3 is 2.89 bits per heavy atom. The molecule has 1 amide bonds. The summed E-state index contributed by atoms with van der Waals surface area (Å²) in [7, 11) is 1.28. The van der Waals surface area contributed by atoms with E-state index in [0.29, 0.717) is 5.69 Å². The Hall–Kier alpha value is -1.62. The fourth-order valence-electron chi connectivity index (χ4n) is 1.93. The Morgan fingerprint density at radius 2 is 2.28 bits per heavy atom. The number of hydrogen-bond donors (Lipinski definition) is 0. The van der Waals surface area contributed by atoms with E-state index in [-0.39, 0.29) is 23.9 Å². The molecule has 6 heteroatoms. The molecule has 0 aromatic heterocycles. The summed E-state index contributed by atoms with van der Waals surface area (Å²) in [6.07, 6.45) is 0.0803. The average Bonchev–Trinajstić information content (AvgIpc) is 2.74. The minimum atomic E-state index is -0.594. The van der Waals surface area contributed by atoms with E-state index in [0.717, 1.165) is 0 Å². The van der Waals surface area contributed by atoms with Gasteiger partial charge in [0.05, 0.1) is 18.1 Å². The molecule has 1 aromatic carbocycles. The molecule has 0 bridgehead atoms. The second-order valence-corrected chi connectivity index (χ2v) is 4.43. The van der Waals surface area contributed by atoms with Crippen molar-refractivity contribution in [3.63, 3.8) is 0 Å². The minimum absolute atomic E-state index is 0.00471. The zero-order chi connectivity index (χ0) is 13.3. The van der Waals surface area contributed by atoms with Crippen LogP contribution in [0.3, 0.4) is 0 Å². The number of benzene rings is 1. The lowest BCUT2D eigenvalue weighted by Gasteiger charge is -2.16. The molecule has 2 rings (SSSR count). The highest BCUT2D eigenvalue weighted by molar-refractivity contribution is 6.30. The predicted molar refractivity (Wildman–Crippen MR) is 63.9 cm³/mol. The van der Waals surface area contributed by atoms with E-state index >= 15 is 0 Å². The zero-order valence-corrected chi connectivity index (χ0v) is 10.4. The van der Waals surface area contributed by atoms with Crippen LogP contribution in [0.25, 0.3) is 0 Å². The van der Waals surface area contributed by atoms with Gasteiger partial charge in [0, 0.05) is 18.7 Å². The van der Waals surface area contributed by atoms with E-state index in [1.165, 1.54) is 24.1 Å². The van der Waals surface area contributed by atoms with Gasteiger partial charge in [-0.2, -0.15) is 0 Å². The SMILES string of the molecule is COC(=O)C1CC(=O)N(c2ccc(Cl)c(F)c2)C1. The summed E-state index contributed by atoms with van der Waals surface area (Å²) < 4.78 is 17.9. The van der Waals surface area contributed by atoms with Crippen molar-refractivity contribution in [1.29, 1.82) is 0 Å². The van der Waals surface area contributed by atoms with Crippen LogP contribution in [0.1, 0.15) is 6.42 Å². The maximum Gasteiger partial charge on any atom is 0.311 e. The van der Waals surface area contributed by atoms with E-state index in [1.54, 1.807) is 6.07 Å². The molecule has 1 heterocycles. The lowest BCUT2D eigenvalue weighted by Crippen LogP contribution is -2.26. The van der Waals surface area contributed by atoms with Crippen molar-refractivity contribution in [1.82, 2.24) is 0 Å². The van der Waals surface area contributed by atoms with Crippen molar-refractivity contribution < 1.29 is 18.7 Å². The van der Waals surface area contributed by atoms with Crippen molar-refractivity contribution in [2.24, 2.45) is 5.92 Å². The first kappa shape index (κ1) is 12.8. The monoisotopic (exact) mass is 271 g/mol. The van der Waals surface area contributed by atoms with Gasteiger partial charge in [0.2, 0.25) is 5.91 Å². The first-order valence-electron chi connectivity index (χ1n) is 5.36. The molecule has 1 fully saturated rings. The molecule has 0 aliphatic carbocycles. The number of carbonyl (C=O) groups excluding carboxylic acids is 2. The number of nitrogens with zero attached hydrogens (tertiary/aromatic N) is 1. The van der Waals surface area contributed by atoms with Crippen LogP contribution in [-0.2, 0) is 14.3 Å². The number of anilines is 1. The maximum atomic E-state index is 13.3. The highest BCUT2D eigenvalue weighted by Gasteiger charge is 2.35. The molecule has 96 valence electrons. The topological polar surface area (TPSA) is 46.6 Å². The van der Waals surface area contributed by atoms with Crippen molar-refractivity contribution in [3.05, 3.63) is 29.0 Å². The van der Waals surface area contributed by atoms with E-state index in [9.17, 15) is 14.0 Å². The Labute approximate surface area is 108 Å². The summed E-state index contributed by atoms with van der Waals surface area (Å²) in [5, 5.41) is -0.00471. The van der Waals surface area contributed by atoms with Gasteiger partial charge in [-0.3, -0.25) is 9.59 Å². The van der Waals surface area contributed by atoms with Gasteiger partial charge in [-0.05, 0) is 18.2 Å².